The van der Waals surface area contributed by atoms with Crippen LogP contribution in [0.1, 0.15) is 38.5 Å². The van der Waals surface area contributed by atoms with Gasteiger partial charge in [-0.3, -0.25) is 4.79 Å². The van der Waals surface area contributed by atoms with Crippen molar-refractivity contribution in [2.75, 3.05) is 0 Å². The molecule has 0 aromatic rings. The number of carbonyl (C=O) groups is 1. The summed E-state index contributed by atoms with van der Waals surface area (Å²) in [5.41, 5.74) is 10.3. The van der Waals surface area contributed by atoms with E-state index in [1.807, 2.05) is 0 Å². The molecular formula is C9H17N2O. The molecule has 0 saturated heterocycles. The summed E-state index contributed by atoms with van der Waals surface area (Å²) in [6, 6.07) is 0. The quantitative estimate of drug-likeness (QED) is 0.604. The Labute approximate surface area is 73.5 Å². The number of primary amides is 1. The van der Waals surface area contributed by atoms with Gasteiger partial charge in [0.15, 0.2) is 0 Å². The molecule has 0 aromatic carbocycles. The molecule has 0 unspecified atom stereocenters. The van der Waals surface area contributed by atoms with Crippen LogP contribution in [0.15, 0.2) is 0 Å². The third kappa shape index (κ3) is 1.78. The van der Waals surface area contributed by atoms with E-state index in [1.54, 1.807) is 0 Å². The minimum atomic E-state index is -0.503. The Morgan fingerprint density at radius 3 is 2.00 bits per heavy atom. The molecule has 0 spiro atoms. The normalized spacial score (nSPS) is 23.1. The fraction of sp³-hybridized carbons (Fsp3) is 0.778. The van der Waals surface area contributed by atoms with E-state index >= 15 is 0 Å². The number of amides is 1. The van der Waals surface area contributed by atoms with Gasteiger partial charge in [-0.2, -0.15) is 0 Å². The molecule has 4 N–H and O–H groups in total. The van der Waals surface area contributed by atoms with Gasteiger partial charge < -0.3 is 11.5 Å². The van der Waals surface area contributed by atoms with Crippen LogP contribution in [0.25, 0.3) is 0 Å². The van der Waals surface area contributed by atoms with E-state index in [0.717, 1.165) is 25.7 Å². The lowest BCUT2D eigenvalue weighted by atomic mass is 9.80. The zero-order valence-corrected chi connectivity index (χ0v) is 7.38. The molecule has 3 heteroatoms. The van der Waals surface area contributed by atoms with E-state index in [2.05, 4.69) is 0 Å². The first-order valence-electron chi connectivity index (χ1n) is 4.57. The Morgan fingerprint density at radius 1 is 1.17 bits per heavy atom. The lowest BCUT2D eigenvalue weighted by Crippen LogP contribution is -2.39. The van der Waals surface area contributed by atoms with Crippen molar-refractivity contribution >= 4 is 5.91 Å². The Hall–Kier alpha value is -0.570. The van der Waals surface area contributed by atoms with E-state index < -0.39 is 5.41 Å². The van der Waals surface area contributed by atoms with E-state index in [4.69, 9.17) is 11.5 Å². The smallest absolute Gasteiger partial charge is 0.225 e. The third-order valence-electron chi connectivity index (χ3n) is 2.81. The van der Waals surface area contributed by atoms with E-state index in [0.29, 0.717) is 0 Å². The van der Waals surface area contributed by atoms with Crippen molar-refractivity contribution in [3.8, 4) is 0 Å². The molecule has 0 atom stereocenters. The number of hydrogen-bond acceptors (Lipinski definition) is 2. The summed E-state index contributed by atoms with van der Waals surface area (Å²) in [6.07, 6.45) is 6.19. The van der Waals surface area contributed by atoms with Crippen molar-refractivity contribution in [3.05, 3.63) is 6.54 Å². The lowest BCUT2D eigenvalue weighted by Gasteiger charge is -2.26. The lowest BCUT2D eigenvalue weighted by molar-refractivity contribution is -0.126. The first-order chi connectivity index (χ1) is 5.71. The highest BCUT2D eigenvalue weighted by molar-refractivity contribution is 5.82. The zero-order chi connectivity index (χ0) is 9.03. The maximum Gasteiger partial charge on any atom is 0.225 e. The average molecular weight is 169 g/mol. The maximum atomic E-state index is 11.2. The van der Waals surface area contributed by atoms with Gasteiger partial charge in [0, 0.05) is 6.54 Å². The summed E-state index contributed by atoms with van der Waals surface area (Å²) in [4.78, 5) is 11.2. The van der Waals surface area contributed by atoms with Gasteiger partial charge in [0.1, 0.15) is 0 Å². The van der Waals surface area contributed by atoms with Crippen molar-refractivity contribution in [2.45, 2.75) is 38.5 Å². The monoisotopic (exact) mass is 169 g/mol. The predicted molar refractivity (Wildman–Crippen MR) is 47.8 cm³/mol. The second-order valence-corrected chi connectivity index (χ2v) is 3.60. The number of carbonyl (C=O) groups excluding carboxylic acids is 1. The minimum absolute atomic E-state index is 0.257. The van der Waals surface area contributed by atoms with Gasteiger partial charge in [-0.05, 0) is 12.8 Å². The Kier molecular flexibility index (Phi) is 3.09. The first-order valence-corrected chi connectivity index (χ1v) is 4.57. The summed E-state index contributed by atoms with van der Waals surface area (Å²) in [6.45, 7) is 1.50. The van der Waals surface area contributed by atoms with Gasteiger partial charge in [-0.15, -0.1) is 0 Å². The standard InChI is InChI=1S/C9H17N2O/c10-7-9(8(11)12)5-3-1-2-4-6-9/h7H,1-6,10H2,(H2,11,12). The molecule has 1 amide bonds. The van der Waals surface area contributed by atoms with Crippen molar-refractivity contribution < 1.29 is 4.79 Å². The molecule has 1 rings (SSSR count). The molecule has 1 aliphatic rings. The van der Waals surface area contributed by atoms with Crippen molar-refractivity contribution in [3.63, 3.8) is 0 Å². The minimum Gasteiger partial charge on any atom is -0.369 e. The van der Waals surface area contributed by atoms with Crippen molar-refractivity contribution in [2.24, 2.45) is 16.9 Å². The van der Waals surface area contributed by atoms with Crippen LogP contribution in [0.2, 0.25) is 0 Å². The van der Waals surface area contributed by atoms with Gasteiger partial charge >= 0.3 is 0 Å². The molecular weight excluding hydrogens is 152 g/mol. The topological polar surface area (TPSA) is 69.1 Å². The summed E-state index contributed by atoms with van der Waals surface area (Å²) in [5, 5.41) is 0. The average Bonchev–Trinajstić information content (AvgIpc) is 2.29. The van der Waals surface area contributed by atoms with Crippen molar-refractivity contribution in [1.82, 2.24) is 0 Å². The molecule has 0 bridgehead atoms. The third-order valence-corrected chi connectivity index (χ3v) is 2.81. The van der Waals surface area contributed by atoms with Crippen LogP contribution in [0.3, 0.4) is 0 Å². The molecule has 0 aliphatic heterocycles. The Bertz CT molecular complexity index is 160. The van der Waals surface area contributed by atoms with Gasteiger partial charge in [0.05, 0.1) is 5.41 Å². The molecule has 1 radical (unpaired) electrons. The summed E-state index contributed by atoms with van der Waals surface area (Å²) in [7, 11) is 0. The molecule has 1 fully saturated rings. The fourth-order valence-electron chi connectivity index (χ4n) is 1.85. The highest BCUT2D eigenvalue weighted by Gasteiger charge is 2.35. The molecule has 0 heterocycles. The summed E-state index contributed by atoms with van der Waals surface area (Å²) < 4.78 is 0. The molecule has 1 aliphatic carbocycles. The Balaban J connectivity index is 2.68. The molecule has 12 heavy (non-hydrogen) atoms. The molecule has 1 saturated carbocycles. The molecule has 69 valence electrons. The number of nitrogens with two attached hydrogens (primary N) is 2. The summed E-state index contributed by atoms with van der Waals surface area (Å²) >= 11 is 0. The molecule has 0 aromatic heterocycles. The van der Waals surface area contributed by atoms with Crippen LogP contribution in [0.4, 0.5) is 0 Å². The predicted octanol–water partition coefficient (Wildman–Crippen LogP) is 0.933. The second-order valence-electron chi connectivity index (χ2n) is 3.60. The first kappa shape index (κ1) is 9.52. The molecule has 3 nitrogen and oxygen atoms in total. The van der Waals surface area contributed by atoms with Crippen LogP contribution >= 0.6 is 0 Å². The highest BCUT2D eigenvalue weighted by Crippen LogP contribution is 2.35. The van der Waals surface area contributed by atoms with E-state index in [9.17, 15) is 4.79 Å². The van der Waals surface area contributed by atoms with Crippen LogP contribution in [0, 0.1) is 12.0 Å². The Morgan fingerprint density at radius 2 is 1.67 bits per heavy atom. The highest BCUT2D eigenvalue weighted by atomic mass is 16.1. The van der Waals surface area contributed by atoms with Gasteiger partial charge in [-0.25, -0.2) is 0 Å². The van der Waals surface area contributed by atoms with Crippen LogP contribution in [-0.2, 0) is 4.79 Å². The maximum absolute atomic E-state index is 11.2. The number of rotatable bonds is 2. The van der Waals surface area contributed by atoms with E-state index in [1.165, 1.54) is 19.4 Å². The van der Waals surface area contributed by atoms with Gasteiger partial charge in [-0.1, -0.05) is 25.7 Å². The fourth-order valence-corrected chi connectivity index (χ4v) is 1.85. The van der Waals surface area contributed by atoms with Gasteiger partial charge in [0.25, 0.3) is 0 Å². The number of hydrogen-bond donors (Lipinski definition) is 2. The zero-order valence-electron chi connectivity index (χ0n) is 7.38. The van der Waals surface area contributed by atoms with Crippen LogP contribution in [0.5, 0.6) is 0 Å². The van der Waals surface area contributed by atoms with Gasteiger partial charge in [0.2, 0.25) is 5.91 Å². The largest absolute Gasteiger partial charge is 0.369 e. The SMILES string of the molecule is N[CH]C1(C(N)=O)CCCCCC1. The summed E-state index contributed by atoms with van der Waals surface area (Å²) in [5.74, 6) is -0.257. The van der Waals surface area contributed by atoms with E-state index in [-0.39, 0.29) is 5.91 Å². The van der Waals surface area contributed by atoms with Crippen LogP contribution in [-0.4, -0.2) is 5.91 Å². The van der Waals surface area contributed by atoms with Crippen molar-refractivity contribution in [1.29, 1.82) is 0 Å². The second kappa shape index (κ2) is 3.90. The van der Waals surface area contributed by atoms with Crippen LogP contribution < -0.4 is 11.5 Å².